The van der Waals surface area contributed by atoms with E-state index in [1.54, 1.807) is 6.08 Å². The minimum absolute atomic E-state index is 0.234. The van der Waals surface area contributed by atoms with E-state index in [0.29, 0.717) is 12.8 Å². The maximum Gasteiger partial charge on any atom is 0.220 e. The van der Waals surface area contributed by atoms with Gasteiger partial charge in [-0.3, -0.25) is 4.79 Å². The molecule has 3 fully saturated rings. The zero-order chi connectivity index (χ0) is 68.9. The van der Waals surface area contributed by atoms with Crippen LogP contribution in [0.15, 0.2) is 36.5 Å². The van der Waals surface area contributed by atoms with Crippen LogP contribution >= 0.6 is 0 Å². The zero-order valence-electron chi connectivity index (χ0n) is 59.4. The molecule has 558 valence electrons. The van der Waals surface area contributed by atoms with Crippen LogP contribution in [0.4, 0.5) is 0 Å². The van der Waals surface area contributed by atoms with E-state index in [-0.39, 0.29) is 18.9 Å². The Morgan fingerprint density at radius 2 is 0.674 bits per heavy atom. The fourth-order valence-electron chi connectivity index (χ4n) is 13.1. The van der Waals surface area contributed by atoms with Crippen LogP contribution in [0.3, 0.4) is 0 Å². The number of unbranched alkanes of at least 4 members (excludes halogenated alkanes) is 41. The molecule has 19 nitrogen and oxygen atoms in total. The highest BCUT2D eigenvalue weighted by molar-refractivity contribution is 5.76. The molecule has 0 spiro atoms. The Hall–Kier alpha value is -1.99. The molecule has 0 bridgehead atoms. The van der Waals surface area contributed by atoms with Crippen LogP contribution in [0.2, 0.25) is 0 Å². The molecular formula is C76H141NO18. The Morgan fingerprint density at radius 3 is 1.05 bits per heavy atom. The van der Waals surface area contributed by atoms with Gasteiger partial charge in [0.05, 0.1) is 38.6 Å². The van der Waals surface area contributed by atoms with Gasteiger partial charge in [-0.15, -0.1) is 0 Å². The lowest BCUT2D eigenvalue weighted by atomic mass is 9.96. The summed E-state index contributed by atoms with van der Waals surface area (Å²) in [7, 11) is 0. The second-order valence-electron chi connectivity index (χ2n) is 27.8. The first-order valence-corrected chi connectivity index (χ1v) is 38.7. The Bertz CT molecular complexity index is 1860. The van der Waals surface area contributed by atoms with Crippen LogP contribution in [0.5, 0.6) is 0 Å². The minimum Gasteiger partial charge on any atom is -0.394 e. The number of aliphatic hydroxyl groups excluding tert-OH is 11. The molecule has 0 aliphatic carbocycles. The normalized spacial score (nSPS) is 27.4. The summed E-state index contributed by atoms with van der Waals surface area (Å²) in [6, 6.07) is -0.992. The predicted octanol–water partition coefficient (Wildman–Crippen LogP) is 11.9. The first-order chi connectivity index (χ1) is 46.3. The van der Waals surface area contributed by atoms with Crippen LogP contribution in [0.1, 0.15) is 309 Å². The van der Waals surface area contributed by atoms with Crippen molar-refractivity contribution in [3.05, 3.63) is 36.5 Å². The van der Waals surface area contributed by atoms with Gasteiger partial charge in [-0.2, -0.15) is 0 Å². The Balaban J connectivity index is 1.39. The van der Waals surface area contributed by atoms with Gasteiger partial charge in [0.1, 0.15) is 73.2 Å². The Morgan fingerprint density at radius 1 is 0.368 bits per heavy atom. The molecular weight excluding hydrogens is 1210 g/mol. The molecule has 95 heavy (non-hydrogen) atoms. The van der Waals surface area contributed by atoms with Crippen molar-refractivity contribution < 1.29 is 89.4 Å². The first-order valence-electron chi connectivity index (χ1n) is 38.7. The minimum atomic E-state index is -1.98. The molecule has 3 saturated heterocycles. The van der Waals surface area contributed by atoms with E-state index in [4.69, 9.17) is 28.4 Å². The number of rotatable bonds is 61. The van der Waals surface area contributed by atoms with E-state index < -0.39 is 124 Å². The molecule has 3 aliphatic heterocycles. The molecule has 0 aromatic rings. The second-order valence-corrected chi connectivity index (χ2v) is 27.8. The van der Waals surface area contributed by atoms with Crippen LogP contribution in [0.25, 0.3) is 0 Å². The van der Waals surface area contributed by atoms with Gasteiger partial charge in [0, 0.05) is 6.42 Å². The smallest absolute Gasteiger partial charge is 0.220 e. The van der Waals surface area contributed by atoms with Crippen molar-refractivity contribution in [1.29, 1.82) is 0 Å². The Kier molecular flexibility index (Phi) is 52.9. The lowest BCUT2D eigenvalue weighted by Gasteiger charge is -2.48. The van der Waals surface area contributed by atoms with Crippen molar-refractivity contribution in [2.45, 2.75) is 413 Å². The number of allylic oxidation sites excluding steroid dienone is 5. The van der Waals surface area contributed by atoms with Gasteiger partial charge in [0.15, 0.2) is 18.9 Å². The number of ether oxygens (including phenoxy) is 6. The first kappa shape index (κ1) is 87.2. The van der Waals surface area contributed by atoms with Crippen LogP contribution in [-0.2, 0) is 33.2 Å². The average Bonchev–Trinajstić information content (AvgIpc) is 0.787. The molecule has 12 N–H and O–H groups in total. The second kappa shape index (κ2) is 57.6. The SMILES string of the molecule is CCCCCCCC/C=C\CCCCCCCCCCCC(=O)NC(COC1OC(CO)C(OC2OC(CO)C(OC3OC(CO)C(O)C(O)C3O)C(O)C2O)C(O)C1O)C(O)/C=C/CC/C=C/CCCCCCCCCCCCCCCCCCCCCCCCCCC. The van der Waals surface area contributed by atoms with Crippen molar-refractivity contribution in [2.24, 2.45) is 0 Å². The molecule has 3 aliphatic rings. The van der Waals surface area contributed by atoms with Crippen LogP contribution in [0, 0.1) is 0 Å². The molecule has 3 rings (SSSR count). The fraction of sp³-hybridized carbons (Fsp3) is 0.908. The van der Waals surface area contributed by atoms with Crippen molar-refractivity contribution >= 4 is 5.91 Å². The molecule has 1 amide bonds. The third-order valence-electron chi connectivity index (χ3n) is 19.4. The summed E-state index contributed by atoms with van der Waals surface area (Å²) in [5.41, 5.74) is 0. The standard InChI is InChI=1S/C76H141NO18/c1-3-5-7-9-11-13-15-17-19-21-23-24-25-26-27-28-29-30-31-32-33-34-36-37-39-41-43-45-47-49-51-53-60(81)59(77-64(82)54-52-50-48-46-44-42-40-38-35-22-20-18-16-14-12-10-8-6-4-2)58-90-74-70(88)67(85)72(62(56-79)92-74)95-76-71(89)68(86)73(63(57-80)93-76)94-75-69(87)66(84)65(83)61(55-78)91-75/h18,20,43,45,51,53,59-63,65-76,78-81,83-89H,3-17,19,21-42,44,46-50,52,54-58H2,1-2H3,(H,77,82)/b20-18-,45-43+,53-51+. The molecule has 17 unspecified atom stereocenters. The van der Waals surface area contributed by atoms with E-state index in [2.05, 4.69) is 43.5 Å². The number of carbonyl (C=O) groups is 1. The van der Waals surface area contributed by atoms with Crippen LogP contribution < -0.4 is 5.32 Å². The number of hydrogen-bond acceptors (Lipinski definition) is 18. The van der Waals surface area contributed by atoms with Gasteiger partial charge >= 0.3 is 0 Å². The summed E-state index contributed by atoms with van der Waals surface area (Å²) in [6.45, 7) is 1.75. The number of aliphatic hydroxyl groups is 11. The number of nitrogens with one attached hydrogen (secondary N) is 1. The van der Waals surface area contributed by atoms with Gasteiger partial charge in [0.2, 0.25) is 5.91 Å². The summed E-state index contributed by atoms with van der Waals surface area (Å²) in [5, 5.41) is 121. The molecule has 0 saturated carbocycles. The van der Waals surface area contributed by atoms with E-state index in [9.17, 15) is 61.0 Å². The highest BCUT2D eigenvalue weighted by Crippen LogP contribution is 2.33. The molecule has 0 aromatic heterocycles. The van der Waals surface area contributed by atoms with E-state index in [1.165, 1.54) is 225 Å². The summed E-state index contributed by atoms with van der Waals surface area (Å²) in [6.07, 6.45) is 42.8. The number of carbonyl (C=O) groups excluding carboxylic acids is 1. The van der Waals surface area contributed by atoms with E-state index >= 15 is 0 Å². The molecule has 17 atom stereocenters. The molecule has 3 heterocycles. The number of amides is 1. The van der Waals surface area contributed by atoms with Gasteiger partial charge in [-0.1, -0.05) is 281 Å². The largest absolute Gasteiger partial charge is 0.394 e. The van der Waals surface area contributed by atoms with Gasteiger partial charge < -0.3 is 89.9 Å². The Labute approximate surface area is 574 Å². The summed E-state index contributed by atoms with van der Waals surface area (Å²) >= 11 is 0. The van der Waals surface area contributed by atoms with Gasteiger partial charge in [-0.25, -0.2) is 0 Å². The van der Waals surface area contributed by atoms with Crippen molar-refractivity contribution in [1.82, 2.24) is 5.32 Å². The van der Waals surface area contributed by atoms with Gasteiger partial charge in [-0.05, 0) is 57.8 Å². The van der Waals surface area contributed by atoms with Gasteiger partial charge in [0.25, 0.3) is 0 Å². The quantitative estimate of drug-likeness (QED) is 0.0199. The lowest BCUT2D eigenvalue weighted by Crippen LogP contribution is -2.66. The zero-order valence-corrected chi connectivity index (χ0v) is 59.4. The van der Waals surface area contributed by atoms with Crippen LogP contribution in [-0.4, -0.2) is 193 Å². The van der Waals surface area contributed by atoms with Crippen molar-refractivity contribution in [3.63, 3.8) is 0 Å². The van der Waals surface area contributed by atoms with E-state index in [1.807, 2.05) is 6.08 Å². The third kappa shape index (κ3) is 38.6. The lowest BCUT2D eigenvalue weighted by molar-refractivity contribution is -0.379. The van der Waals surface area contributed by atoms with Crippen molar-refractivity contribution in [2.75, 3.05) is 26.4 Å². The summed E-state index contributed by atoms with van der Waals surface area (Å²) < 4.78 is 34.4. The maximum atomic E-state index is 13.4. The highest BCUT2D eigenvalue weighted by atomic mass is 16.8. The highest BCUT2D eigenvalue weighted by Gasteiger charge is 2.53. The van der Waals surface area contributed by atoms with E-state index in [0.717, 1.165) is 51.4 Å². The molecule has 0 aromatic carbocycles. The van der Waals surface area contributed by atoms with Crippen molar-refractivity contribution in [3.8, 4) is 0 Å². The summed E-state index contributed by atoms with van der Waals surface area (Å²) in [4.78, 5) is 13.4. The maximum absolute atomic E-state index is 13.4. The molecule has 0 radical (unpaired) electrons. The fourth-order valence-corrected chi connectivity index (χ4v) is 13.1. The number of hydrogen-bond donors (Lipinski definition) is 12. The topological polar surface area (TPSA) is 307 Å². The monoisotopic (exact) mass is 1360 g/mol. The third-order valence-corrected chi connectivity index (χ3v) is 19.4. The predicted molar refractivity (Wildman–Crippen MR) is 374 cm³/mol. The summed E-state index contributed by atoms with van der Waals surface area (Å²) in [5.74, 6) is -0.284. The molecule has 19 heteroatoms. The average molecular weight is 1360 g/mol.